The number of hydrogen-bond acceptors (Lipinski definition) is 3. The summed E-state index contributed by atoms with van der Waals surface area (Å²) in [7, 11) is 0. The summed E-state index contributed by atoms with van der Waals surface area (Å²) in [4.78, 5) is 0. The van der Waals surface area contributed by atoms with Crippen LogP contribution in [-0.2, 0) is 6.42 Å². The van der Waals surface area contributed by atoms with Crippen molar-refractivity contribution < 1.29 is 14.2 Å². The number of ether oxygens (including phenoxy) is 3. The number of hydrogen-bond donors (Lipinski definition) is 0. The average molecular weight is 420 g/mol. The molecule has 0 N–H and O–H groups in total. The second kappa shape index (κ2) is 18.4. The smallest absolute Gasteiger partial charge is 0.203 e. The summed E-state index contributed by atoms with van der Waals surface area (Å²) in [6.07, 6.45) is 16.0. The fourth-order valence-corrected chi connectivity index (χ4v) is 3.41. The van der Waals surface area contributed by atoms with Gasteiger partial charge in [-0.2, -0.15) is 0 Å². The lowest BCUT2D eigenvalue weighted by Gasteiger charge is -2.19. The van der Waals surface area contributed by atoms with E-state index in [0.29, 0.717) is 6.61 Å². The lowest BCUT2D eigenvalue weighted by molar-refractivity contribution is 0.235. The van der Waals surface area contributed by atoms with Gasteiger partial charge in [0.15, 0.2) is 11.5 Å². The highest BCUT2D eigenvalue weighted by Crippen LogP contribution is 2.40. The summed E-state index contributed by atoms with van der Waals surface area (Å²) in [5.41, 5.74) is 1.29. The molecule has 0 bridgehead atoms. The van der Waals surface area contributed by atoms with Crippen LogP contribution in [-0.4, -0.2) is 19.8 Å². The molecule has 173 valence electrons. The third-order valence-corrected chi connectivity index (χ3v) is 5.30. The highest BCUT2D eigenvalue weighted by molar-refractivity contribution is 5.54. The number of rotatable bonds is 20. The van der Waals surface area contributed by atoms with Gasteiger partial charge in [0.25, 0.3) is 0 Å². The quantitative estimate of drug-likeness (QED) is 0.199. The zero-order valence-corrected chi connectivity index (χ0v) is 20.1. The van der Waals surface area contributed by atoms with Crippen LogP contribution in [0.4, 0.5) is 0 Å². The molecular formula is C27H47O3. The normalized spacial score (nSPS) is 10.9. The summed E-state index contributed by atoms with van der Waals surface area (Å²) >= 11 is 0. The van der Waals surface area contributed by atoms with Crippen LogP contribution in [0.2, 0.25) is 0 Å². The zero-order valence-electron chi connectivity index (χ0n) is 20.1. The molecule has 0 aliphatic heterocycles. The predicted molar refractivity (Wildman–Crippen MR) is 129 cm³/mol. The molecule has 0 aliphatic rings. The SMILES string of the molecule is [CH2]CCCCCc1cc(OCCCCC)c(OCCCCC)c(OCCCCC)c1. The van der Waals surface area contributed by atoms with Crippen molar-refractivity contribution in [3.8, 4) is 17.2 Å². The molecule has 0 aliphatic carbocycles. The van der Waals surface area contributed by atoms with Crippen LogP contribution in [0.3, 0.4) is 0 Å². The van der Waals surface area contributed by atoms with Crippen molar-refractivity contribution in [3.63, 3.8) is 0 Å². The van der Waals surface area contributed by atoms with Crippen molar-refractivity contribution in [3.05, 3.63) is 24.6 Å². The van der Waals surface area contributed by atoms with Crippen molar-refractivity contribution in [1.82, 2.24) is 0 Å². The summed E-state index contributed by atoms with van der Waals surface area (Å²) in [6.45, 7) is 12.8. The standard InChI is InChI=1S/C27H47O3/c1-5-9-13-14-18-24-22-25(28-19-15-10-6-2)27(30-21-17-12-8-4)26(23-24)29-20-16-11-7-3/h22-23H,1,5-21H2,2-4H3. The Labute approximate surface area is 186 Å². The molecule has 0 saturated heterocycles. The Bertz CT molecular complexity index is 494. The molecule has 0 atom stereocenters. The topological polar surface area (TPSA) is 27.7 Å². The molecule has 1 radical (unpaired) electrons. The second-order valence-electron chi connectivity index (χ2n) is 8.25. The number of benzene rings is 1. The van der Waals surface area contributed by atoms with Crippen molar-refractivity contribution >= 4 is 0 Å². The first kappa shape index (κ1) is 26.7. The summed E-state index contributed by atoms with van der Waals surface area (Å²) in [5, 5.41) is 0. The van der Waals surface area contributed by atoms with Gasteiger partial charge in [0.2, 0.25) is 5.75 Å². The van der Waals surface area contributed by atoms with E-state index in [0.717, 1.165) is 62.6 Å². The van der Waals surface area contributed by atoms with Crippen LogP contribution in [0.15, 0.2) is 12.1 Å². The molecule has 0 fully saturated rings. The fourth-order valence-electron chi connectivity index (χ4n) is 3.41. The van der Waals surface area contributed by atoms with Gasteiger partial charge >= 0.3 is 0 Å². The molecule has 0 saturated carbocycles. The minimum atomic E-state index is 0.716. The van der Waals surface area contributed by atoms with Crippen molar-refractivity contribution in [2.45, 2.75) is 111 Å². The molecule has 1 aromatic rings. The summed E-state index contributed by atoms with van der Waals surface area (Å²) < 4.78 is 18.7. The molecule has 3 heteroatoms. The van der Waals surface area contributed by atoms with E-state index < -0.39 is 0 Å². The Morgan fingerprint density at radius 1 is 0.600 bits per heavy atom. The van der Waals surface area contributed by atoms with Crippen LogP contribution >= 0.6 is 0 Å². The maximum absolute atomic E-state index is 6.22. The van der Waals surface area contributed by atoms with E-state index in [-0.39, 0.29) is 0 Å². The predicted octanol–water partition coefficient (Wildman–Crippen LogP) is 8.33. The van der Waals surface area contributed by atoms with Gasteiger partial charge in [0.1, 0.15) is 0 Å². The summed E-state index contributed by atoms with van der Waals surface area (Å²) in [5.74, 6) is 2.53. The minimum Gasteiger partial charge on any atom is -0.490 e. The van der Waals surface area contributed by atoms with Crippen molar-refractivity contribution in [2.24, 2.45) is 0 Å². The number of unbranched alkanes of at least 4 members (excludes halogenated alkanes) is 9. The minimum absolute atomic E-state index is 0.716. The molecule has 0 spiro atoms. The van der Waals surface area contributed by atoms with Gasteiger partial charge in [-0.1, -0.05) is 85.5 Å². The average Bonchev–Trinajstić information content (AvgIpc) is 2.76. The van der Waals surface area contributed by atoms with Gasteiger partial charge in [-0.15, -0.1) is 0 Å². The van der Waals surface area contributed by atoms with Crippen LogP contribution in [0.1, 0.15) is 110 Å². The molecule has 0 unspecified atom stereocenters. The molecular weight excluding hydrogens is 372 g/mol. The van der Waals surface area contributed by atoms with Crippen molar-refractivity contribution in [1.29, 1.82) is 0 Å². The van der Waals surface area contributed by atoms with Gasteiger partial charge in [-0.3, -0.25) is 0 Å². The third kappa shape index (κ3) is 11.7. The zero-order chi connectivity index (χ0) is 21.9. The van der Waals surface area contributed by atoms with Gasteiger partial charge in [-0.05, 0) is 49.8 Å². The Morgan fingerprint density at radius 2 is 1.10 bits per heavy atom. The molecule has 0 heterocycles. The lowest BCUT2D eigenvalue weighted by Crippen LogP contribution is -2.07. The Balaban J connectivity index is 2.96. The van der Waals surface area contributed by atoms with E-state index in [9.17, 15) is 0 Å². The molecule has 30 heavy (non-hydrogen) atoms. The van der Waals surface area contributed by atoms with Gasteiger partial charge in [0, 0.05) is 0 Å². The number of aryl methyl sites for hydroxylation is 1. The van der Waals surface area contributed by atoms with Crippen LogP contribution in [0.25, 0.3) is 0 Å². The molecule has 0 amide bonds. The first-order chi connectivity index (χ1) is 14.8. The fraction of sp³-hybridized carbons (Fsp3) is 0.741. The van der Waals surface area contributed by atoms with E-state index in [2.05, 4.69) is 39.8 Å². The van der Waals surface area contributed by atoms with E-state index in [1.54, 1.807) is 0 Å². The van der Waals surface area contributed by atoms with E-state index >= 15 is 0 Å². The molecule has 1 aromatic carbocycles. The Hall–Kier alpha value is -1.38. The highest BCUT2D eigenvalue weighted by atomic mass is 16.5. The first-order valence-electron chi connectivity index (χ1n) is 12.6. The maximum Gasteiger partial charge on any atom is 0.203 e. The van der Waals surface area contributed by atoms with Crippen LogP contribution in [0, 0.1) is 6.92 Å². The second-order valence-corrected chi connectivity index (χ2v) is 8.25. The van der Waals surface area contributed by atoms with Crippen LogP contribution < -0.4 is 14.2 Å². The lowest BCUT2D eigenvalue weighted by atomic mass is 10.0. The summed E-state index contributed by atoms with van der Waals surface area (Å²) in [6, 6.07) is 4.37. The van der Waals surface area contributed by atoms with Crippen LogP contribution in [0.5, 0.6) is 17.2 Å². The van der Waals surface area contributed by atoms with Gasteiger partial charge < -0.3 is 14.2 Å². The third-order valence-electron chi connectivity index (χ3n) is 5.30. The Kier molecular flexibility index (Phi) is 16.3. The largest absolute Gasteiger partial charge is 0.490 e. The monoisotopic (exact) mass is 419 g/mol. The first-order valence-corrected chi connectivity index (χ1v) is 12.6. The van der Waals surface area contributed by atoms with Crippen molar-refractivity contribution in [2.75, 3.05) is 19.8 Å². The van der Waals surface area contributed by atoms with E-state index in [4.69, 9.17) is 14.2 Å². The molecule has 3 nitrogen and oxygen atoms in total. The van der Waals surface area contributed by atoms with Gasteiger partial charge in [-0.25, -0.2) is 0 Å². The van der Waals surface area contributed by atoms with E-state index in [1.165, 1.54) is 63.4 Å². The Morgan fingerprint density at radius 3 is 1.57 bits per heavy atom. The molecule has 0 aromatic heterocycles. The molecule has 1 rings (SSSR count). The van der Waals surface area contributed by atoms with Gasteiger partial charge in [0.05, 0.1) is 19.8 Å². The maximum atomic E-state index is 6.22. The highest BCUT2D eigenvalue weighted by Gasteiger charge is 2.16. The van der Waals surface area contributed by atoms with E-state index in [1.807, 2.05) is 0 Å².